The molecule has 0 aliphatic heterocycles. The van der Waals surface area contributed by atoms with Crippen LogP contribution in [-0.2, 0) is 0 Å². The molecule has 9 heavy (non-hydrogen) atoms. The predicted octanol–water partition coefficient (Wildman–Crippen LogP) is 0.0688. The van der Waals surface area contributed by atoms with Crippen LogP contribution in [0.1, 0.15) is 12.8 Å². The highest BCUT2D eigenvalue weighted by atomic mass is 19.1. The molecule has 0 atom stereocenters. The molecule has 0 radical (unpaired) electrons. The van der Waals surface area contributed by atoms with Gasteiger partial charge in [0.25, 0.3) is 0 Å². The Balaban J connectivity index is 2.36. The molecule has 0 aromatic carbocycles. The first kappa shape index (κ1) is 6.96. The molecule has 0 bridgehead atoms. The van der Waals surface area contributed by atoms with Crippen LogP contribution in [0.15, 0.2) is 0 Å². The number of hydrogen-bond acceptors (Lipinski definition) is 2. The van der Waals surface area contributed by atoms with E-state index in [4.69, 9.17) is 5.11 Å². The van der Waals surface area contributed by atoms with Crippen molar-refractivity contribution in [3.05, 3.63) is 0 Å². The molecule has 0 aromatic rings. The van der Waals surface area contributed by atoms with Crippen LogP contribution in [-0.4, -0.2) is 30.5 Å². The van der Waals surface area contributed by atoms with Gasteiger partial charge in [-0.3, -0.25) is 0 Å². The van der Waals surface area contributed by atoms with Crippen LogP contribution >= 0.6 is 0 Å². The van der Waals surface area contributed by atoms with E-state index >= 15 is 0 Å². The lowest BCUT2D eigenvalue weighted by atomic mass is 9.76. The van der Waals surface area contributed by atoms with Gasteiger partial charge in [0, 0.05) is 5.54 Å². The van der Waals surface area contributed by atoms with Crippen molar-refractivity contribution in [2.75, 3.05) is 13.7 Å². The van der Waals surface area contributed by atoms with E-state index in [0.717, 1.165) is 0 Å². The fourth-order valence-corrected chi connectivity index (χ4v) is 1.20. The lowest BCUT2D eigenvalue weighted by molar-refractivity contribution is 0.0247. The summed E-state index contributed by atoms with van der Waals surface area (Å²) in [5, 5.41) is 11.6. The van der Waals surface area contributed by atoms with Crippen molar-refractivity contribution in [1.82, 2.24) is 5.32 Å². The third-order valence-corrected chi connectivity index (χ3v) is 2.06. The minimum atomic E-state index is -0.704. The zero-order valence-electron chi connectivity index (χ0n) is 5.52. The number of nitrogens with one attached hydrogen (secondary N) is 1. The van der Waals surface area contributed by atoms with Crippen LogP contribution in [0.3, 0.4) is 0 Å². The molecular weight excluding hydrogens is 121 g/mol. The fourth-order valence-electron chi connectivity index (χ4n) is 1.20. The molecular formula is C6H12FNO. The molecule has 2 nitrogen and oxygen atoms in total. The predicted molar refractivity (Wildman–Crippen MR) is 33.0 cm³/mol. The largest absolute Gasteiger partial charge is 0.394 e. The number of aliphatic hydroxyl groups excluding tert-OH is 1. The standard InChI is InChI=1S/C6H12FNO/c1-8-6(4-9)2-5(7)3-6/h5,8-9H,2-4H2,1H3. The van der Waals surface area contributed by atoms with Crippen molar-refractivity contribution in [3.8, 4) is 0 Å². The van der Waals surface area contributed by atoms with Gasteiger partial charge in [0.15, 0.2) is 0 Å². The van der Waals surface area contributed by atoms with E-state index in [1.165, 1.54) is 0 Å². The smallest absolute Gasteiger partial charge is 0.104 e. The fraction of sp³-hybridized carbons (Fsp3) is 1.00. The minimum Gasteiger partial charge on any atom is -0.394 e. The molecule has 1 saturated carbocycles. The highest BCUT2D eigenvalue weighted by Crippen LogP contribution is 2.33. The van der Waals surface area contributed by atoms with Crippen molar-refractivity contribution in [2.24, 2.45) is 0 Å². The number of aliphatic hydroxyl groups is 1. The second kappa shape index (κ2) is 2.23. The van der Waals surface area contributed by atoms with Gasteiger partial charge >= 0.3 is 0 Å². The highest BCUT2D eigenvalue weighted by molar-refractivity contribution is 5.00. The lowest BCUT2D eigenvalue weighted by Gasteiger charge is -2.42. The van der Waals surface area contributed by atoms with E-state index in [1.807, 2.05) is 0 Å². The molecule has 3 heteroatoms. The summed E-state index contributed by atoms with van der Waals surface area (Å²) in [4.78, 5) is 0. The molecule has 1 aliphatic rings. The molecule has 0 spiro atoms. The molecule has 0 aromatic heterocycles. The molecule has 1 rings (SSSR count). The molecule has 0 heterocycles. The van der Waals surface area contributed by atoms with Crippen molar-refractivity contribution in [1.29, 1.82) is 0 Å². The molecule has 0 unspecified atom stereocenters. The van der Waals surface area contributed by atoms with E-state index < -0.39 is 6.17 Å². The highest BCUT2D eigenvalue weighted by Gasteiger charge is 2.42. The Morgan fingerprint density at radius 1 is 1.78 bits per heavy atom. The summed E-state index contributed by atoms with van der Waals surface area (Å²) < 4.78 is 12.2. The Bertz CT molecular complexity index is 95.2. The minimum absolute atomic E-state index is 0.0456. The Morgan fingerprint density at radius 3 is 2.44 bits per heavy atom. The van der Waals surface area contributed by atoms with E-state index in [1.54, 1.807) is 7.05 Å². The number of alkyl halides is 1. The van der Waals surface area contributed by atoms with Gasteiger partial charge in [-0.05, 0) is 19.9 Å². The SMILES string of the molecule is CNC1(CO)CC(F)C1. The van der Waals surface area contributed by atoms with Crippen LogP contribution in [0, 0.1) is 0 Å². The quantitative estimate of drug-likeness (QED) is 0.558. The first-order valence-electron chi connectivity index (χ1n) is 3.16. The zero-order chi connectivity index (χ0) is 6.91. The van der Waals surface area contributed by atoms with Crippen molar-refractivity contribution >= 4 is 0 Å². The van der Waals surface area contributed by atoms with Gasteiger partial charge in [-0.25, -0.2) is 4.39 Å². The molecule has 1 fully saturated rings. The van der Waals surface area contributed by atoms with Gasteiger partial charge < -0.3 is 10.4 Å². The maximum absolute atomic E-state index is 12.2. The van der Waals surface area contributed by atoms with Crippen LogP contribution in [0.25, 0.3) is 0 Å². The average Bonchev–Trinajstić information content (AvgIpc) is 1.81. The van der Waals surface area contributed by atoms with E-state index in [2.05, 4.69) is 5.32 Å². The molecule has 0 saturated heterocycles. The van der Waals surface area contributed by atoms with E-state index in [9.17, 15) is 4.39 Å². The van der Waals surface area contributed by atoms with Crippen LogP contribution < -0.4 is 5.32 Å². The van der Waals surface area contributed by atoms with Gasteiger partial charge in [0.1, 0.15) is 6.17 Å². The zero-order valence-corrected chi connectivity index (χ0v) is 5.52. The number of rotatable bonds is 2. The summed E-state index contributed by atoms with van der Waals surface area (Å²) in [6.07, 6.45) is 0.213. The van der Waals surface area contributed by atoms with Gasteiger partial charge in [-0.1, -0.05) is 0 Å². The lowest BCUT2D eigenvalue weighted by Crippen LogP contribution is -2.57. The summed E-state index contributed by atoms with van der Waals surface area (Å²) in [6.45, 7) is 0.0456. The molecule has 0 amide bonds. The summed E-state index contributed by atoms with van der Waals surface area (Å²) in [5.41, 5.74) is -0.292. The van der Waals surface area contributed by atoms with Gasteiger partial charge in [-0.15, -0.1) is 0 Å². The molecule has 1 aliphatic carbocycles. The first-order valence-corrected chi connectivity index (χ1v) is 3.16. The first-order chi connectivity index (χ1) is 4.22. The summed E-state index contributed by atoms with van der Waals surface area (Å²) in [6, 6.07) is 0. The van der Waals surface area contributed by atoms with Crippen molar-refractivity contribution in [3.63, 3.8) is 0 Å². The third-order valence-electron chi connectivity index (χ3n) is 2.06. The van der Waals surface area contributed by atoms with Crippen molar-refractivity contribution < 1.29 is 9.50 Å². The Kier molecular flexibility index (Phi) is 1.73. The van der Waals surface area contributed by atoms with Crippen LogP contribution in [0.4, 0.5) is 4.39 Å². The van der Waals surface area contributed by atoms with E-state index in [0.29, 0.717) is 12.8 Å². The maximum Gasteiger partial charge on any atom is 0.104 e. The Labute approximate surface area is 54.1 Å². The van der Waals surface area contributed by atoms with Gasteiger partial charge in [0.05, 0.1) is 6.61 Å². The second-order valence-corrected chi connectivity index (χ2v) is 2.69. The van der Waals surface area contributed by atoms with E-state index in [-0.39, 0.29) is 12.1 Å². The van der Waals surface area contributed by atoms with Gasteiger partial charge in [0.2, 0.25) is 0 Å². The molecule has 2 N–H and O–H groups in total. The molecule has 54 valence electrons. The topological polar surface area (TPSA) is 32.3 Å². The third kappa shape index (κ3) is 1.07. The number of hydrogen-bond donors (Lipinski definition) is 2. The maximum atomic E-state index is 12.2. The normalized spacial score (nSPS) is 42.3. The number of halogens is 1. The number of likely N-dealkylation sites (N-methyl/N-ethyl adjacent to an activating group) is 1. The monoisotopic (exact) mass is 133 g/mol. The summed E-state index contributed by atoms with van der Waals surface area (Å²) in [7, 11) is 1.75. The summed E-state index contributed by atoms with van der Waals surface area (Å²) >= 11 is 0. The van der Waals surface area contributed by atoms with Crippen molar-refractivity contribution in [2.45, 2.75) is 24.6 Å². The second-order valence-electron chi connectivity index (χ2n) is 2.69. The Hall–Kier alpha value is -0.150. The average molecular weight is 133 g/mol. The Morgan fingerprint density at radius 2 is 2.33 bits per heavy atom. The van der Waals surface area contributed by atoms with Crippen LogP contribution in [0.5, 0.6) is 0 Å². The summed E-state index contributed by atoms with van der Waals surface area (Å²) in [5.74, 6) is 0. The van der Waals surface area contributed by atoms with Crippen LogP contribution in [0.2, 0.25) is 0 Å². The van der Waals surface area contributed by atoms with Gasteiger partial charge in [-0.2, -0.15) is 0 Å².